The van der Waals surface area contributed by atoms with E-state index in [1.807, 2.05) is 0 Å². The molecule has 0 bridgehead atoms. The Balaban J connectivity index is 2.16. The van der Waals surface area contributed by atoms with Crippen molar-refractivity contribution in [2.45, 2.75) is 45.8 Å². The van der Waals surface area contributed by atoms with Gasteiger partial charge in [0, 0.05) is 6.08 Å². The highest BCUT2D eigenvalue weighted by Crippen LogP contribution is 2.49. The topological polar surface area (TPSA) is 72.9 Å². The Hall–Kier alpha value is -2.11. The summed E-state index contributed by atoms with van der Waals surface area (Å²) in [5.41, 5.74) is -0.671. The van der Waals surface area contributed by atoms with Crippen molar-refractivity contribution in [1.82, 2.24) is 4.90 Å². The van der Waals surface area contributed by atoms with E-state index in [-0.39, 0.29) is 29.7 Å². The molecule has 132 valence electrons. The molecule has 2 aliphatic rings. The van der Waals surface area contributed by atoms with Crippen LogP contribution in [0.3, 0.4) is 0 Å². The molecule has 2 amide bonds. The third-order valence-electron chi connectivity index (χ3n) is 4.29. The number of fused-ring (bicyclic) bond motifs is 1. The van der Waals surface area contributed by atoms with Gasteiger partial charge in [-0.05, 0) is 46.0 Å². The standard InChI is InChI=1S/C18H25NO5/c1-6-11-10-12(8-9-13(20)23-7-2)15-14(11)16(21)19(15)17(22)24-18(3,4)5/h6,8-9,11-12,14-15H,1,7,10H2,2-5H3/b9-8+/t11-,12+,14+,15-/m0/s1. The lowest BCUT2D eigenvalue weighted by Crippen LogP contribution is -2.64. The predicted octanol–water partition coefficient (Wildman–Crippen LogP) is 2.69. The number of esters is 1. The minimum absolute atomic E-state index is 0.00182. The van der Waals surface area contributed by atoms with E-state index in [9.17, 15) is 14.4 Å². The van der Waals surface area contributed by atoms with E-state index >= 15 is 0 Å². The zero-order chi connectivity index (χ0) is 18.1. The van der Waals surface area contributed by atoms with Crippen LogP contribution in [0.5, 0.6) is 0 Å². The van der Waals surface area contributed by atoms with Crippen LogP contribution >= 0.6 is 0 Å². The molecule has 0 aromatic rings. The molecule has 24 heavy (non-hydrogen) atoms. The van der Waals surface area contributed by atoms with Crippen LogP contribution in [0.4, 0.5) is 4.79 Å². The zero-order valence-electron chi connectivity index (χ0n) is 14.7. The number of carbonyl (C=O) groups is 3. The first-order chi connectivity index (χ1) is 11.2. The summed E-state index contributed by atoms with van der Waals surface area (Å²) in [5, 5.41) is 0. The second-order valence-electron chi connectivity index (χ2n) is 7.12. The minimum atomic E-state index is -0.671. The van der Waals surface area contributed by atoms with E-state index in [4.69, 9.17) is 9.47 Å². The SMILES string of the molecule is C=C[C@H]1C[C@@H](/C=C/C(=O)OCC)[C@H]2[C@@H]1C(=O)N2C(=O)OC(C)(C)C. The van der Waals surface area contributed by atoms with E-state index in [2.05, 4.69) is 6.58 Å². The van der Waals surface area contributed by atoms with Crippen LogP contribution in [-0.4, -0.2) is 41.1 Å². The first kappa shape index (κ1) is 18.2. The average molecular weight is 335 g/mol. The molecule has 6 nitrogen and oxygen atoms in total. The van der Waals surface area contributed by atoms with Gasteiger partial charge in [0.25, 0.3) is 0 Å². The number of likely N-dealkylation sites (tertiary alicyclic amines) is 1. The van der Waals surface area contributed by atoms with Crippen molar-refractivity contribution < 1.29 is 23.9 Å². The quantitative estimate of drug-likeness (QED) is 0.342. The number of ether oxygens (including phenoxy) is 2. The van der Waals surface area contributed by atoms with Crippen LogP contribution in [0.25, 0.3) is 0 Å². The molecule has 0 unspecified atom stereocenters. The fourth-order valence-electron chi connectivity index (χ4n) is 3.38. The Labute approximate surface area is 142 Å². The molecule has 4 atom stereocenters. The zero-order valence-corrected chi connectivity index (χ0v) is 14.7. The number of nitrogens with zero attached hydrogens (tertiary/aromatic N) is 1. The van der Waals surface area contributed by atoms with Crippen LogP contribution in [0.1, 0.15) is 34.1 Å². The van der Waals surface area contributed by atoms with Crippen molar-refractivity contribution in [2.24, 2.45) is 17.8 Å². The van der Waals surface area contributed by atoms with Crippen molar-refractivity contribution >= 4 is 18.0 Å². The molecule has 0 aromatic heterocycles. The average Bonchev–Trinajstić information content (AvgIpc) is 2.77. The number of hydrogen-bond donors (Lipinski definition) is 0. The lowest BCUT2D eigenvalue weighted by Gasteiger charge is -2.44. The summed E-state index contributed by atoms with van der Waals surface area (Å²) < 4.78 is 10.2. The van der Waals surface area contributed by atoms with Gasteiger partial charge in [0.05, 0.1) is 18.6 Å². The van der Waals surface area contributed by atoms with E-state index in [0.29, 0.717) is 13.0 Å². The van der Waals surface area contributed by atoms with Gasteiger partial charge in [-0.15, -0.1) is 6.58 Å². The monoisotopic (exact) mass is 335 g/mol. The maximum atomic E-state index is 12.4. The summed E-state index contributed by atoms with van der Waals surface area (Å²) in [5.74, 6) is -1.03. The van der Waals surface area contributed by atoms with Crippen LogP contribution in [0, 0.1) is 17.8 Å². The van der Waals surface area contributed by atoms with E-state index in [1.165, 1.54) is 11.0 Å². The predicted molar refractivity (Wildman–Crippen MR) is 87.9 cm³/mol. The highest BCUT2D eigenvalue weighted by atomic mass is 16.6. The Morgan fingerprint density at radius 3 is 2.54 bits per heavy atom. The fraction of sp³-hybridized carbons (Fsp3) is 0.611. The molecule has 1 saturated carbocycles. The first-order valence-electron chi connectivity index (χ1n) is 8.23. The number of β-lactam (4-membered cyclic amide) rings is 1. The van der Waals surface area contributed by atoms with Gasteiger partial charge in [-0.1, -0.05) is 12.2 Å². The molecule has 0 N–H and O–H groups in total. The highest BCUT2D eigenvalue weighted by Gasteiger charge is 2.61. The second-order valence-corrected chi connectivity index (χ2v) is 7.12. The van der Waals surface area contributed by atoms with Gasteiger partial charge in [0.2, 0.25) is 5.91 Å². The number of rotatable bonds is 4. The summed E-state index contributed by atoms with van der Waals surface area (Å²) in [6.45, 7) is 11.1. The summed E-state index contributed by atoms with van der Waals surface area (Å²) in [6, 6.07) is -0.291. The van der Waals surface area contributed by atoms with Gasteiger partial charge >= 0.3 is 12.1 Å². The maximum Gasteiger partial charge on any atom is 0.417 e. The minimum Gasteiger partial charge on any atom is -0.463 e. The third kappa shape index (κ3) is 3.52. The molecule has 1 heterocycles. The first-order valence-corrected chi connectivity index (χ1v) is 8.23. The maximum absolute atomic E-state index is 12.4. The van der Waals surface area contributed by atoms with Gasteiger partial charge in [-0.2, -0.15) is 0 Å². The Morgan fingerprint density at radius 1 is 1.33 bits per heavy atom. The Kier molecular flexibility index (Phi) is 5.16. The Bertz CT molecular complexity index is 574. The van der Waals surface area contributed by atoms with Crippen molar-refractivity contribution in [3.05, 3.63) is 24.8 Å². The van der Waals surface area contributed by atoms with Gasteiger partial charge in [-0.3, -0.25) is 4.79 Å². The molecular weight excluding hydrogens is 310 g/mol. The number of allylic oxidation sites excluding steroid dienone is 1. The second kappa shape index (κ2) is 6.79. The largest absolute Gasteiger partial charge is 0.463 e. The number of carbonyl (C=O) groups excluding carboxylic acids is 3. The van der Waals surface area contributed by atoms with Crippen LogP contribution in [0.15, 0.2) is 24.8 Å². The van der Waals surface area contributed by atoms with Crippen molar-refractivity contribution in [3.8, 4) is 0 Å². The Morgan fingerprint density at radius 2 is 2.00 bits per heavy atom. The van der Waals surface area contributed by atoms with Crippen LogP contribution in [0.2, 0.25) is 0 Å². The fourth-order valence-corrected chi connectivity index (χ4v) is 3.38. The molecule has 0 radical (unpaired) electrons. The van der Waals surface area contributed by atoms with Gasteiger partial charge in [0.1, 0.15) is 5.60 Å². The number of amides is 2. The molecule has 2 fully saturated rings. The number of imide groups is 1. The lowest BCUT2D eigenvalue weighted by molar-refractivity contribution is -0.154. The highest BCUT2D eigenvalue weighted by molar-refractivity contribution is 6.00. The molecule has 0 spiro atoms. The molecule has 6 heteroatoms. The summed E-state index contributed by atoms with van der Waals surface area (Å²) in [6.07, 6.45) is 4.88. The third-order valence-corrected chi connectivity index (χ3v) is 4.29. The molecule has 1 aliphatic carbocycles. The summed E-state index contributed by atoms with van der Waals surface area (Å²) in [7, 11) is 0. The van der Waals surface area contributed by atoms with Crippen LogP contribution in [-0.2, 0) is 19.1 Å². The van der Waals surface area contributed by atoms with Gasteiger partial charge in [0.15, 0.2) is 0 Å². The smallest absolute Gasteiger partial charge is 0.417 e. The summed E-state index contributed by atoms with van der Waals surface area (Å²) >= 11 is 0. The number of hydrogen-bond acceptors (Lipinski definition) is 5. The molecule has 1 saturated heterocycles. The van der Waals surface area contributed by atoms with Gasteiger partial charge in [-0.25, -0.2) is 14.5 Å². The molecule has 0 aromatic carbocycles. The molecule has 1 aliphatic heterocycles. The molecule has 2 rings (SSSR count). The normalized spacial score (nSPS) is 29.2. The van der Waals surface area contributed by atoms with E-state index < -0.39 is 17.7 Å². The molecular formula is C18H25NO5. The van der Waals surface area contributed by atoms with E-state index in [1.54, 1.807) is 39.8 Å². The van der Waals surface area contributed by atoms with Crippen molar-refractivity contribution in [3.63, 3.8) is 0 Å². The van der Waals surface area contributed by atoms with Crippen LogP contribution < -0.4 is 0 Å². The summed E-state index contributed by atoms with van der Waals surface area (Å²) in [4.78, 5) is 37.4. The van der Waals surface area contributed by atoms with Crippen molar-refractivity contribution in [1.29, 1.82) is 0 Å². The lowest BCUT2D eigenvalue weighted by atomic mass is 9.83. The van der Waals surface area contributed by atoms with Crippen molar-refractivity contribution in [2.75, 3.05) is 6.61 Å². The van der Waals surface area contributed by atoms with E-state index in [0.717, 1.165) is 0 Å². The van der Waals surface area contributed by atoms with Gasteiger partial charge < -0.3 is 9.47 Å².